The number of non-ortho nitro benzene ring substituents is 1. The number of nitrogens with one attached hydrogen (secondary N) is 2. The molecule has 0 radical (unpaired) electrons. The van der Waals surface area contributed by atoms with Gasteiger partial charge in [-0.15, -0.1) is 0 Å². The molecule has 2 N–H and O–H groups in total. The number of hydrogen-bond acceptors (Lipinski definition) is 6. The van der Waals surface area contributed by atoms with E-state index in [0.29, 0.717) is 11.3 Å². The van der Waals surface area contributed by atoms with Gasteiger partial charge in [-0.2, -0.15) is 10.2 Å². The van der Waals surface area contributed by atoms with Crippen molar-refractivity contribution < 1.29 is 4.92 Å². The molecule has 0 amide bonds. The quantitative estimate of drug-likeness (QED) is 0.502. The Morgan fingerprint density at radius 3 is 3.05 bits per heavy atom. The van der Waals surface area contributed by atoms with Crippen molar-refractivity contribution in [2.24, 2.45) is 5.10 Å². The van der Waals surface area contributed by atoms with Gasteiger partial charge in [-0.05, 0) is 15.9 Å². The Kier molecular flexibility index (Phi) is 4.20. The smallest absolute Gasteiger partial charge is 0.275 e. The molecule has 0 aliphatic rings. The molecule has 0 atom stereocenters. The van der Waals surface area contributed by atoms with Gasteiger partial charge in [-0.1, -0.05) is 12.1 Å². The number of H-pyrrole nitrogens is 1. The Bertz CT molecular complexity index is 728. The van der Waals surface area contributed by atoms with E-state index >= 15 is 0 Å². The summed E-state index contributed by atoms with van der Waals surface area (Å²) in [7, 11) is 0. The maximum atomic E-state index is 11.3. The van der Waals surface area contributed by atoms with E-state index in [2.05, 4.69) is 36.7 Å². The van der Waals surface area contributed by atoms with Crippen LogP contribution in [0.3, 0.4) is 0 Å². The molecule has 0 saturated carbocycles. The van der Waals surface area contributed by atoms with Crippen LogP contribution >= 0.6 is 15.9 Å². The molecule has 20 heavy (non-hydrogen) atoms. The summed E-state index contributed by atoms with van der Waals surface area (Å²) in [6.45, 7) is 0. The van der Waals surface area contributed by atoms with E-state index in [1.165, 1.54) is 24.5 Å². The second kappa shape index (κ2) is 6.06. The lowest BCUT2D eigenvalue weighted by molar-refractivity contribution is -0.384. The minimum Gasteiger partial charge on any atom is -0.275 e. The Balaban J connectivity index is 2.14. The number of hydrogen-bond donors (Lipinski definition) is 2. The summed E-state index contributed by atoms with van der Waals surface area (Å²) >= 11 is 3.09. The van der Waals surface area contributed by atoms with Crippen LogP contribution in [0, 0.1) is 10.1 Å². The highest BCUT2D eigenvalue weighted by molar-refractivity contribution is 9.10. The van der Waals surface area contributed by atoms with Crippen molar-refractivity contribution >= 4 is 33.5 Å². The molecule has 2 aromatic rings. The number of rotatable bonds is 4. The van der Waals surface area contributed by atoms with Crippen molar-refractivity contribution in [3.63, 3.8) is 0 Å². The van der Waals surface area contributed by atoms with Gasteiger partial charge in [0.25, 0.3) is 11.2 Å². The third kappa shape index (κ3) is 3.26. The van der Waals surface area contributed by atoms with Gasteiger partial charge in [-0.3, -0.25) is 20.3 Å². The fourth-order valence-electron chi connectivity index (χ4n) is 1.36. The highest BCUT2D eigenvalue weighted by Gasteiger charge is 2.04. The maximum Gasteiger partial charge on any atom is 0.280 e. The van der Waals surface area contributed by atoms with Crippen molar-refractivity contribution in [2.45, 2.75) is 0 Å². The van der Waals surface area contributed by atoms with Gasteiger partial charge in [0.1, 0.15) is 4.47 Å². The molecule has 2 rings (SSSR count). The monoisotopic (exact) mass is 337 g/mol. The van der Waals surface area contributed by atoms with Crippen LogP contribution in [0.1, 0.15) is 5.56 Å². The van der Waals surface area contributed by atoms with E-state index in [4.69, 9.17) is 0 Å². The number of hydrazone groups is 1. The van der Waals surface area contributed by atoms with E-state index in [-0.39, 0.29) is 15.7 Å². The molecule has 0 unspecified atom stereocenters. The molecule has 0 saturated heterocycles. The van der Waals surface area contributed by atoms with Crippen molar-refractivity contribution in [1.82, 2.24) is 10.2 Å². The minimum atomic E-state index is -0.484. The van der Waals surface area contributed by atoms with Gasteiger partial charge < -0.3 is 0 Å². The van der Waals surface area contributed by atoms with Crippen molar-refractivity contribution in [2.75, 3.05) is 5.43 Å². The lowest BCUT2D eigenvalue weighted by Gasteiger charge is -2.00. The van der Waals surface area contributed by atoms with Gasteiger partial charge in [0.15, 0.2) is 0 Å². The third-order valence-corrected chi connectivity index (χ3v) is 3.06. The second-order valence-corrected chi connectivity index (χ2v) is 4.44. The third-order valence-electron chi connectivity index (χ3n) is 2.28. The zero-order chi connectivity index (χ0) is 14.5. The topological polar surface area (TPSA) is 113 Å². The van der Waals surface area contributed by atoms with E-state index in [0.717, 1.165) is 0 Å². The molecule has 1 aromatic carbocycles. The predicted octanol–water partition coefficient (Wildman–Crippen LogP) is 1.89. The fourth-order valence-corrected chi connectivity index (χ4v) is 1.64. The standard InChI is InChI=1S/C11H8BrN5O3/c12-10-9(6-14-16-11(10)18)15-13-5-7-2-1-3-8(4-7)17(19)20/h1-6H,(H2,15,16,18). The number of halogens is 1. The number of anilines is 1. The molecule has 0 spiro atoms. The summed E-state index contributed by atoms with van der Waals surface area (Å²) in [6, 6.07) is 6.01. The van der Waals surface area contributed by atoms with Crippen LogP contribution in [0.2, 0.25) is 0 Å². The normalized spacial score (nSPS) is 10.7. The van der Waals surface area contributed by atoms with E-state index in [1.807, 2.05) is 0 Å². The lowest BCUT2D eigenvalue weighted by atomic mass is 10.2. The van der Waals surface area contributed by atoms with Gasteiger partial charge in [0.05, 0.1) is 23.0 Å². The van der Waals surface area contributed by atoms with Gasteiger partial charge >= 0.3 is 0 Å². The first-order valence-corrected chi connectivity index (χ1v) is 6.14. The summed E-state index contributed by atoms with van der Waals surface area (Å²) in [6.07, 6.45) is 2.79. The van der Waals surface area contributed by atoms with E-state index in [1.54, 1.807) is 12.1 Å². The summed E-state index contributed by atoms with van der Waals surface area (Å²) < 4.78 is 0.267. The number of nitro benzene ring substituents is 1. The summed E-state index contributed by atoms with van der Waals surface area (Å²) in [5, 5.41) is 20.4. The predicted molar refractivity (Wildman–Crippen MR) is 76.9 cm³/mol. The highest BCUT2D eigenvalue weighted by Crippen LogP contribution is 2.15. The molecule has 1 heterocycles. The molecule has 1 aromatic heterocycles. The summed E-state index contributed by atoms with van der Waals surface area (Å²) in [5.74, 6) is 0. The molecular formula is C11H8BrN5O3. The largest absolute Gasteiger partial charge is 0.280 e. The number of aromatic amines is 1. The first-order chi connectivity index (χ1) is 9.58. The van der Waals surface area contributed by atoms with Crippen LogP contribution < -0.4 is 11.0 Å². The SMILES string of the molecule is O=c1[nH]ncc(NN=Cc2cccc([N+](=O)[O-])c2)c1Br. The van der Waals surface area contributed by atoms with Gasteiger partial charge in [0, 0.05) is 17.7 Å². The maximum absolute atomic E-state index is 11.3. The molecular weight excluding hydrogens is 330 g/mol. The number of aromatic nitrogens is 2. The Morgan fingerprint density at radius 1 is 1.50 bits per heavy atom. The minimum absolute atomic E-state index is 0.0204. The average Bonchev–Trinajstić information content (AvgIpc) is 2.44. The summed E-state index contributed by atoms with van der Waals surface area (Å²) in [5.41, 5.74) is 3.15. The molecule has 8 nitrogen and oxygen atoms in total. The van der Waals surface area contributed by atoms with Crippen LogP contribution in [0.5, 0.6) is 0 Å². The number of nitrogens with zero attached hydrogens (tertiary/aromatic N) is 3. The Hall–Kier alpha value is -2.55. The van der Waals surface area contributed by atoms with Crippen LogP contribution in [-0.2, 0) is 0 Å². The lowest BCUT2D eigenvalue weighted by Crippen LogP contribution is -2.10. The van der Waals surface area contributed by atoms with E-state index < -0.39 is 4.92 Å². The Labute approximate surface area is 120 Å². The zero-order valence-corrected chi connectivity index (χ0v) is 11.5. The highest BCUT2D eigenvalue weighted by atomic mass is 79.9. The molecule has 0 aliphatic carbocycles. The van der Waals surface area contributed by atoms with Crippen LogP contribution in [0.15, 0.2) is 44.8 Å². The van der Waals surface area contributed by atoms with Crippen LogP contribution in [0.25, 0.3) is 0 Å². The van der Waals surface area contributed by atoms with Gasteiger partial charge in [-0.25, -0.2) is 5.10 Å². The van der Waals surface area contributed by atoms with Crippen LogP contribution in [0.4, 0.5) is 11.4 Å². The fraction of sp³-hybridized carbons (Fsp3) is 0. The molecule has 102 valence electrons. The number of benzene rings is 1. The summed E-state index contributed by atoms with van der Waals surface area (Å²) in [4.78, 5) is 21.4. The van der Waals surface area contributed by atoms with Gasteiger partial charge in [0.2, 0.25) is 0 Å². The molecule has 0 fully saturated rings. The average molecular weight is 338 g/mol. The van der Waals surface area contributed by atoms with Crippen LogP contribution in [-0.4, -0.2) is 21.3 Å². The zero-order valence-electron chi connectivity index (χ0n) is 9.91. The van der Waals surface area contributed by atoms with Crippen molar-refractivity contribution in [3.8, 4) is 0 Å². The second-order valence-electron chi connectivity index (χ2n) is 3.65. The van der Waals surface area contributed by atoms with Crippen molar-refractivity contribution in [3.05, 3.63) is 61.0 Å². The molecule has 0 bridgehead atoms. The Morgan fingerprint density at radius 2 is 2.30 bits per heavy atom. The number of nitro groups is 1. The molecule has 0 aliphatic heterocycles. The van der Waals surface area contributed by atoms with E-state index in [9.17, 15) is 14.9 Å². The first kappa shape index (κ1) is 13.9. The molecule has 9 heteroatoms. The first-order valence-electron chi connectivity index (χ1n) is 5.34. The van der Waals surface area contributed by atoms with Crippen molar-refractivity contribution in [1.29, 1.82) is 0 Å².